The second kappa shape index (κ2) is 5.31. The van der Waals surface area contributed by atoms with Crippen LogP contribution in [0, 0.1) is 17.0 Å². The number of amides is 1. The molecule has 7 heteroatoms. The molecule has 0 spiro atoms. The maximum Gasteiger partial charge on any atom is 0.273 e. The van der Waals surface area contributed by atoms with Crippen molar-refractivity contribution in [2.45, 2.75) is 25.7 Å². The number of hydrogen-bond donors (Lipinski definition) is 2. The van der Waals surface area contributed by atoms with E-state index in [4.69, 9.17) is 0 Å². The first kappa shape index (κ1) is 13.4. The molecule has 1 aliphatic rings. The third-order valence-electron chi connectivity index (χ3n) is 3.05. The van der Waals surface area contributed by atoms with Gasteiger partial charge in [-0.25, -0.2) is 4.39 Å². The SMILES string of the molecule is Cc1ccc(C(=O)NC2CC(F)CN2)cc1[N+](=O)[O-]. The van der Waals surface area contributed by atoms with E-state index in [9.17, 15) is 19.3 Å². The number of nitrogens with zero attached hydrogens (tertiary/aromatic N) is 1. The summed E-state index contributed by atoms with van der Waals surface area (Å²) in [7, 11) is 0. The molecular weight excluding hydrogens is 253 g/mol. The van der Waals surface area contributed by atoms with E-state index in [0.29, 0.717) is 5.56 Å². The Morgan fingerprint density at radius 3 is 2.89 bits per heavy atom. The number of rotatable bonds is 3. The van der Waals surface area contributed by atoms with Gasteiger partial charge in [0, 0.05) is 30.2 Å². The van der Waals surface area contributed by atoms with E-state index in [2.05, 4.69) is 10.6 Å². The Morgan fingerprint density at radius 1 is 1.58 bits per heavy atom. The zero-order chi connectivity index (χ0) is 14.0. The summed E-state index contributed by atoms with van der Waals surface area (Å²) in [5.74, 6) is -0.449. The average Bonchev–Trinajstić information content (AvgIpc) is 2.74. The van der Waals surface area contributed by atoms with Gasteiger partial charge in [-0.3, -0.25) is 20.2 Å². The Labute approximate surface area is 109 Å². The van der Waals surface area contributed by atoms with Gasteiger partial charge in [0.25, 0.3) is 11.6 Å². The number of hydrogen-bond acceptors (Lipinski definition) is 4. The highest BCUT2D eigenvalue weighted by molar-refractivity contribution is 5.95. The third-order valence-corrected chi connectivity index (χ3v) is 3.05. The van der Waals surface area contributed by atoms with E-state index < -0.39 is 23.2 Å². The normalized spacial score (nSPS) is 22.2. The summed E-state index contributed by atoms with van der Waals surface area (Å²) in [6.45, 7) is 1.81. The van der Waals surface area contributed by atoms with E-state index in [0.717, 1.165) is 0 Å². The molecule has 0 aliphatic carbocycles. The summed E-state index contributed by atoms with van der Waals surface area (Å²) in [4.78, 5) is 22.2. The minimum absolute atomic E-state index is 0.101. The zero-order valence-corrected chi connectivity index (χ0v) is 10.4. The summed E-state index contributed by atoms with van der Waals surface area (Å²) in [5.41, 5.74) is 0.584. The van der Waals surface area contributed by atoms with Crippen molar-refractivity contribution in [2.24, 2.45) is 0 Å². The quantitative estimate of drug-likeness (QED) is 0.638. The van der Waals surface area contributed by atoms with Gasteiger partial charge in [-0.1, -0.05) is 6.07 Å². The van der Waals surface area contributed by atoms with Crippen molar-refractivity contribution in [1.82, 2.24) is 10.6 Å². The van der Waals surface area contributed by atoms with Crippen LogP contribution in [0.2, 0.25) is 0 Å². The lowest BCUT2D eigenvalue weighted by Crippen LogP contribution is -2.41. The maximum atomic E-state index is 12.9. The molecule has 19 heavy (non-hydrogen) atoms. The Morgan fingerprint density at radius 2 is 2.32 bits per heavy atom. The van der Waals surface area contributed by atoms with Crippen LogP contribution in [0.4, 0.5) is 10.1 Å². The van der Waals surface area contributed by atoms with Gasteiger partial charge >= 0.3 is 0 Å². The number of nitro benzene ring substituents is 1. The molecule has 0 bridgehead atoms. The van der Waals surface area contributed by atoms with Gasteiger partial charge in [0.2, 0.25) is 0 Å². The molecule has 2 unspecified atom stereocenters. The van der Waals surface area contributed by atoms with Gasteiger partial charge < -0.3 is 5.32 Å². The van der Waals surface area contributed by atoms with Gasteiger partial charge in [-0.15, -0.1) is 0 Å². The lowest BCUT2D eigenvalue weighted by Gasteiger charge is -2.12. The molecule has 1 fully saturated rings. The monoisotopic (exact) mass is 267 g/mol. The third kappa shape index (κ3) is 3.05. The van der Waals surface area contributed by atoms with E-state index in [-0.39, 0.29) is 24.2 Å². The number of carbonyl (C=O) groups excluding carboxylic acids is 1. The highest BCUT2D eigenvalue weighted by Crippen LogP contribution is 2.19. The van der Waals surface area contributed by atoms with Crippen molar-refractivity contribution in [3.05, 3.63) is 39.4 Å². The molecule has 2 rings (SSSR count). The summed E-state index contributed by atoms with van der Waals surface area (Å²) in [6.07, 6.45) is -1.19. The fourth-order valence-corrected chi connectivity index (χ4v) is 1.99. The first-order chi connectivity index (χ1) is 8.97. The predicted molar refractivity (Wildman–Crippen MR) is 66.6 cm³/mol. The molecule has 0 saturated carbocycles. The number of nitrogens with one attached hydrogen (secondary N) is 2. The minimum atomic E-state index is -0.974. The Balaban J connectivity index is 2.11. The average molecular weight is 267 g/mol. The number of aryl methyl sites for hydroxylation is 1. The van der Waals surface area contributed by atoms with Gasteiger partial charge in [0.1, 0.15) is 6.17 Å². The molecule has 1 aromatic carbocycles. The van der Waals surface area contributed by atoms with Crippen LogP contribution in [0.3, 0.4) is 0 Å². The van der Waals surface area contributed by atoms with Crippen molar-refractivity contribution in [3.8, 4) is 0 Å². The molecule has 6 nitrogen and oxygen atoms in total. The zero-order valence-electron chi connectivity index (χ0n) is 10.4. The van der Waals surface area contributed by atoms with Crippen molar-refractivity contribution >= 4 is 11.6 Å². The summed E-state index contributed by atoms with van der Waals surface area (Å²) >= 11 is 0. The molecule has 102 valence electrons. The molecular formula is C12H14FN3O3. The van der Waals surface area contributed by atoms with Gasteiger partial charge in [-0.05, 0) is 13.0 Å². The van der Waals surface area contributed by atoms with Crippen LogP contribution in [-0.4, -0.2) is 29.7 Å². The predicted octanol–water partition coefficient (Wildman–Crippen LogP) is 1.29. The highest BCUT2D eigenvalue weighted by Gasteiger charge is 2.25. The van der Waals surface area contributed by atoms with Crippen LogP contribution in [0.1, 0.15) is 22.3 Å². The first-order valence-electron chi connectivity index (χ1n) is 5.90. The van der Waals surface area contributed by atoms with Crippen LogP contribution >= 0.6 is 0 Å². The highest BCUT2D eigenvalue weighted by atomic mass is 19.1. The van der Waals surface area contributed by atoms with E-state index in [1.54, 1.807) is 6.92 Å². The number of nitro groups is 1. The standard InChI is InChI=1S/C12H14FN3O3/c1-7-2-3-8(4-10(7)16(18)19)12(17)15-11-5-9(13)6-14-11/h2-4,9,11,14H,5-6H2,1H3,(H,15,17). The number of alkyl halides is 1. The summed E-state index contributed by atoms with van der Waals surface area (Å²) in [6, 6.07) is 4.26. The number of halogens is 1. The Hall–Kier alpha value is -2.02. The second-order valence-electron chi connectivity index (χ2n) is 4.53. The number of benzene rings is 1. The molecule has 1 aliphatic heterocycles. The molecule has 0 aromatic heterocycles. The van der Waals surface area contributed by atoms with E-state index in [1.165, 1.54) is 18.2 Å². The second-order valence-corrected chi connectivity index (χ2v) is 4.53. The van der Waals surface area contributed by atoms with Crippen molar-refractivity contribution in [3.63, 3.8) is 0 Å². The topological polar surface area (TPSA) is 84.3 Å². The van der Waals surface area contributed by atoms with Crippen LogP contribution in [-0.2, 0) is 0 Å². The largest absolute Gasteiger partial charge is 0.337 e. The van der Waals surface area contributed by atoms with E-state index >= 15 is 0 Å². The Kier molecular flexibility index (Phi) is 3.75. The van der Waals surface area contributed by atoms with E-state index in [1.807, 2.05) is 0 Å². The summed E-state index contributed by atoms with van der Waals surface area (Å²) < 4.78 is 12.9. The molecule has 2 N–H and O–H groups in total. The number of carbonyl (C=O) groups is 1. The van der Waals surface area contributed by atoms with Crippen molar-refractivity contribution in [1.29, 1.82) is 0 Å². The maximum absolute atomic E-state index is 12.9. The fraction of sp³-hybridized carbons (Fsp3) is 0.417. The van der Waals surface area contributed by atoms with Crippen LogP contribution in [0.15, 0.2) is 18.2 Å². The van der Waals surface area contributed by atoms with Crippen LogP contribution < -0.4 is 10.6 Å². The fourth-order valence-electron chi connectivity index (χ4n) is 1.99. The van der Waals surface area contributed by atoms with Crippen LogP contribution in [0.25, 0.3) is 0 Å². The van der Waals surface area contributed by atoms with Crippen molar-refractivity contribution < 1.29 is 14.1 Å². The molecule has 0 radical (unpaired) electrons. The van der Waals surface area contributed by atoms with Gasteiger partial charge in [-0.2, -0.15) is 0 Å². The minimum Gasteiger partial charge on any atom is -0.337 e. The molecule has 1 saturated heterocycles. The van der Waals surface area contributed by atoms with Crippen LogP contribution in [0.5, 0.6) is 0 Å². The smallest absolute Gasteiger partial charge is 0.273 e. The Bertz CT molecular complexity index is 521. The summed E-state index contributed by atoms with van der Waals surface area (Å²) in [5, 5.41) is 16.2. The molecule has 1 amide bonds. The lowest BCUT2D eigenvalue weighted by molar-refractivity contribution is -0.385. The molecule has 2 atom stereocenters. The van der Waals surface area contributed by atoms with Gasteiger partial charge in [0.05, 0.1) is 11.1 Å². The first-order valence-corrected chi connectivity index (χ1v) is 5.90. The lowest BCUT2D eigenvalue weighted by atomic mass is 10.1. The van der Waals surface area contributed by atoms with Crippen molar-refractivity contribution in [2.75, 3.05) is 6.54 Å². The molecule has 1 heterocycles. The molecule has 1 aromatic rings. The van der Waals surface area contributed by atoms with Gasteiger partial charge in [0.15, 0.2) is 0 Å².